The number of ether oxygens (including phenoxy) is 1. The number of hydrogen-bond donors (Lipinski definition) is 3. The molecule has 0 bridgehead atoms. The number of nitrogens with one attached hydrogen (secondary N) is 2. The Morgan fingerprint density at radius 3 is 2.70 bits per heavy atom. The van der Waals surface area contributed by atoms with E-state index in [0.29, 0.717) is 19.7 Å². The minimum atomic E-state index is -0.979. The lowest BCUT2D eigenvalue weighted by atomic mass is 10.2. The van der Waals surface area contributed by atoms with E-state index in [9.17, 15) is 14.4 Å². The van der Waals surface area contributed by atoms with E-state index in [1.807, 2.05) is 0 Å². The largest absolute Gasteiger partial charge is 0.481 e. The lowest BCUT2D eigenvalue weighted by Crippen LogP contribution is -2.58. The van der Waals surface area contributed by atoms with Crippen LogP contribution in [-0.4, -0.2) is 66.8 Å². The standard InChI is InChI=1S/C12H21N3O5/c1-3-13-10(16)9-7-20-5-4-15(9)12(19)14-6-8(2)11(17)18/h8-9H,3-7H2,1-2H3,(H,13,16)(H,14,19)(H,17,18). The van der Waals surface area contributed by atoms with Crippen LogP contribution in [0.1, 0.15) is 13.8 Å². The number of aliphatic carboxylic acids is 1. The average molecular weight is 287 g/mol. The minimum Gasteiger partial charge on any atom is -0.481 e. The van der Waals surface area contributed by atoms with Crippen molar-refractivity contribution in [2.45, 2.75) is 19.9 Å². The summed E-state index contributed by atoms with van der Waals surface area (Å²) in [6.45, 7) is 4.60. The van der Waals surface area contributed by atoms with E-state index >= 15 is 0 Å². The zero-order valence-electron chi connectivity index (χ0n) is 11.7. The van der Waals surface area contributed by atoms with E-state index in [1.54, 1.807) is 6.92 Å². The molecule has 1 rings (SSSR count). The molecule has 8 heteroatoms. The van der Waals surface area contributed by atoms with Crippen LogP contribution in [0.4, 0.5) is 4.79 Å². The fourth-order valence-electron chi connectivity index (χ4n) is 1.79. The molecule has 0 saturated carbocycles. The highest BCUT2D eigenvalue weighted by Gasteiger charge is 2.32. The summed E-state index contributed by atoms with van der Waals surface area (Å²) in [7, 11) is 0. The molecule has 0 aromatic heterocycles. The monoisotopic (exact) mass is 287 g/mol. The molecular weight excluding hydrogens is 266 g/mol. The summed E-state index contributed by atoms with van der Waals surface area (Å²) in [6, 6.07) is -1.12. The van der Waals surface area contributed by atoms with Crippen molar-refractivity contribution in [3.63, 3.8) is 0 Å². The second kappa shape index (κ2) is 7.68. The molecule has 1 heterocycles. The summed E-state index contributed by atoms with van der Waals surface area (Å²) in [5, 5.41) is 13.9. The molecule has 20 heavy (non-hydrogen) atoms. The molecule has 0 radical (unpaired) electrons. The topological polar surface area (TPSA) is 108 Å². The number of rotatable bonds is 5. The number of hydrogen-bond acceptors (Lipinski definition) is 4. The van der Waals surface area contributed by atoms with Crippen molar-refractivity contribution >= 4 is 17.9 Å². The lowest BCUT2D eigenvalue weighted by molar-refractivity contribution is -0.141. The van der Waals surface area contributed by atoms with Crippen LogP contribution in [0.25, 0.3) is 0 Å². The quantitative estimate of drug-likeness (QED) is 0.617. The Bertz CT molecular complexity index is 374. The number of carboxylic acid groups (broad SMARTS) is 1. The molecule has 0 aromatic rings. The number of amides is 3. The maximum Gasteiger partial charge on any atom is 0.318 e. The Labute approximate surface area is 117 Å². The van der Waals surface area contributed by atoms with Gasteiger partial charge in [0, 0.05) is 19.6 Å². The molecule has 0 aromatic carbocycles. The Balaban J connectivity index is 2.58. The maximum absolute atomic E-state index is 12.0. The number of carbonyl (C=O) groups excluding carboxylic acids is 2. The SMILES string of the molecule is CCNC(=O)C1COCCN1C(=O)NCC(C)C(=O)O. The number of carbonyl (C=O) groups is 3. The molecule has 1 fully saturated rings. The van der Waals surface area contributed by atoms with Crippen LogP contribution in [0.5, 0.6) is 0 Å². The van der Waals surface area contributed by atoms with Crippen molar-refractivity contribution < 1.29 is 24.2 Å². The number of carboxylic acids is 1. The molecule has 114 valence electrons. The highest BCUT2D eigenvalue weighted by Crippen LogP contribution is 2.08. The van der Waals surface area contributed by atoms with Gasteiger partial charge in [-0.1, -0.05) is 6.92 Å². The first-order valence-corrected chi connectivity index (χ1v) is 6.60. The summed E-state index contributed by atoms with van der Waals surface area (Å²) >= 11 is 0. The van der Waals surface area contributed by atoms with E-state index in [2.05, 4.69) is 10.6 Å². The maximum atomic E-state index is 12.0. The van der Waals surface area contributed by atoms with E-state index in [-0.39, 0.29) is 19.1 Å². The zero-order valence-corrected chi connectivity index (χ0v) is 11.7. The van der Waals surface area contributed by atoms with Crippen LogP contribution in [0.3, 0.4) is 0 Å². The summed E-state index contributed by atoms with van der Waals surface area (Å²) in [6.07, 6.45) is 0. The number of likely N-dealkylation sites (N-methyl/N-ethyl adjacent to an activating group) is 1. The Hall–Kier alpha value is -1.83. The van der Waals surface area contributed by atoms with E-state index < -0.39 is 24.0 Å². The third kappa shape index (κ3) is 4.37. The van der Waals surface area contributed by atoms with Gasteiger partial charge in [0.15, 0.2) is 0 Å². The van der Waals surface area contributed by atoms with Gasteiger partial charge in [-0.3, -0.25) is 9.59 Å². The normalized spacial score (nSPS) is 20.1. The van der Waals surface area contributed by atoms with E-state index in [1.165, 1.54) is 11.8 Å². The molecule has 2 unspecified atom stereocenters. The third-order valence-electron chi connectivity index (χ3n) is 3.02. The first-order valence-electron chi connectivity index (χ1n) is 6.60. The second-order valence-electron chi connectivity index (χ2n) is 4.60. The van der Waals surface area contributed by atoms with Gasteiger partial charge in [0.2, 0.25) is 5.91 Å². The van der Waals surface area contributed by atoms with Crippen LogP contribution in [0.2, 0.25) is 0 Å². The summed E-state index contributed by atoms with van der Waals surface area (Å²) < 4.78 is 5.22. The molecular formula is C12H21N3O5. The highest BCUT2D eigenvalue weighted by atomic mass is 16.5. The average Bonchev–Trinajstić information content (AvgIpc) is 2.44. The Kier molecular flexibility index (Phi) is 6.23. The fourth-order valence-corrected chi connectivity index (χ4v) is 1.79. The molecule has 0 aliphatic carbocycles. The lowest BCUT2D eigenvalue weighted by Gasteiger charge is -2.34. The summed E-state index contributed by atoms with van der Waals surface area (Å²) in [4.78, 5) is 36.0. The molecule has 1 aliphatic heterocycles. The van der Waals surface area contributed by atoms with Gasteiger partial charge in [-0.2, -0.15) is 0 Å². The van der Waals surface area contributed by atoms with Crippen molar-refractivity contribution in [1.82, 2.24) is 15.5 Å². The van der Waals surface area contributed by atoms with Gasteiger partial charge in [-0.25, -0.2) is 4.79 Å². The van der Waals surface area contributed by atoms with Crippen LogP contribution < -0.4 is 10.6 Å². The predicted octanol–water partition coefficient (Wildman–Crippen LogP) is -0.746. The molecule has 2 atom stereocenters. The first kappa shape index (κ1) is 16.2. The van der Waals surface area contributed by atoms with Gasteiger partial charge in [0.05, 0.1) is 19.1 Å². The number of morpholine rings is 1. The van der Waals surface area contributed by atoms with Crippen molar-refractivity contribution in [3.8, 4) is 0 Å². The predicted molar refractivity (Wildman–Crippen MR) is 70.2 cm³/mol. The Morgan fingerprint density at radius 2 is 2.10 bits per heavy atom. The number of nitrogens with zero attached hydrogens (tertiary/aromatic N) is 1. The summed E-state index contributed by atoms with van der Waals surface area (Å²) in [5.74, 6) is -1.93. The fraction of sp³-hybridized carbons (Fsp3) is 0.750. The highest BCUT2D eigenvalue weighted by molar-refractivity contribution is 5.87. The minimum absolute atomic E-state index is 0.0215. The van der Waals surface area contributed by atoms with E-state index in [0.717, 1.165) is 0 Å². The van der Waals surface area contributed by atoms with Crippen molar-refractivity contribution in [2.75, 3.05) is 32.8 Å². The van der Waals surface area contributed by atoms with Crippen molar-refractivity contribution in [2.24, 2.45) is 5.92 Å². The van der Waals surface area contributed by atoms with Crippen LogP contribution in [-0.2, 0) is 14.3 Å². The zero-order chi connectivity index (χ0) is 15.1. The van der Waals surface area contributed by atoms with Gasteiger partial charge in [-0.05, 0) is 6.92 Å². The van der Waals surface area contributed by atoms with Crippen LogP contribution in [0, 0.1) is 5.92 Å². The van der Waals surface area contributed by atoms with Crippen LogP contribution in [0.15, 0.2) is 0 Å². The van der Waals surface area contributed by atoms with Gasteiger partial charge < -0.3 is 25.4 Å². The molecule has 8 nitrogen and oxygen atoms in total. The van der Waals surface area contributed by atoms with Crippen LogP contribution >= 0.6 is 0 Å². The molecule has 1 aliphatic rings. The van der Waals surface area contributed by atoms with Gasteiger partial charge in [-0.15, -0.1) is 0 Å². The second-order valence-corrected chi connectivity index (χ2v) is 4.60. The smallest absolute Gasteiger partial charge is 0.318 e. The van der Waals surface area contributed by atoms with Gasteiger partial charge in [0.1, 0.15) is 6.04 Å². The number of urea groups is 1. The van der Waals surface area contributed by atoms with Crippen molar-refractivity contribution in [3.05, 3.63) is 0 Å². The third-order valence-corrected chi connectivity index (χ3v) is 3.02. The molecule has 1 saturated heterocycles. The van der Waals surface area contributed by atoms with Gasteiger partial charge in [0.25, 0.3) is 0 Å². The Morgan fingerprint density at radius 1 is 1.40 bits per heavy atom. The first-order chi connectivity index (χ1) is 9.47. The van der Waals surface area contributed by atoms with Gasteiger partial charge >= 0.3 is 12.0 Å². The van der Waals surface area contributed by atoms with Crippen molar-refractivity contribution in [1.29, 1.82) is 0 Å². The van der Waals surface area contributed by atoms with E-state index in [4.69, 9.17) is 9.84 Å². The summed E-state index contributed by atoms with van der Waals surface area (Å²) in [5.41, 5.74) is 0. The molecule has 0 spiro atoms. The molecule has 3 N–H and O–H groups in total. The molecule has 3 amide bonds.